The van der Waals surface area contributed by atoms with Crippen molar-refractivity contribution in [1.82, 2.24) is 4.90 Å². The monoisotopic (exact) mass is 555 g/mol. The third kappa shape index (κ3) is 5.72. The number of carbonyl (C=O) groups is 1. The van der Waals surface area contributed by atoms with E-state index in [9.17, 15) is 31.1 Å². The number of piperidine rings is 1. The fourth-order valence-corrected chi connectivity index (χ4v) is 4.99. The smallest absolute Gasteiger partial charge is 0.338 e. The van der Waals surface area contributed by atoms with Crippen LogP contribution < -0.4 is 0 Å². The van der Waals surface area contributed by atoms with E-state index in [1.165, 1.54) is 4.90 Å². The van der Waals surface area contributed by atoms with E-state index in [-0.39, 0.29) is 31.0 Å². The zero-order valence-corrected chi connectivity index (χ0v) is 19.8. The summed E-state index contributed by atoms with van der Waals surface area (Å²) in [6.45, 7) is 0.370. The molecule has 0 radical (unpaired) electrons. The van der Waals surface area contributed by atoms with Gasteiger partial charge in [0.15, 0.2) is 0 Å². The van der Waals surface area contributed by atoms with Gasteiger partial charge in [0, 0.05) is 29.0 Å². The van der Waals surface area contributed by atoms with E-state index < -0.39 is 35.0 Å². The summed E-state index contributed by atoms with van der Waals surface area (Å²) in [5.74, 6) is -1.02. The summed E-state index contributed by atoms with van der Waals surface area (Å²) in [6.07, 6.45) is -9.53. The topological polar surface area (TPSA) is 20.3 Å². The Hall–Kier alpha value is -2.81. The minimum Gasteiger partial charge on any atom is -0.338 e. The Morgan fingerprint density at radius 2 is 1.37 bits per heavy atom. The van der Waals surface area contributed by atoms with Gasteiger partial charge >= 0.3 is 12.4 Å². The molecule has 2 nitrogen and oxygen atoms in total. The zero-order chi connectivity index (χ0) is 25.4. The molecular weight excluding hydrogens is 536 g/mol. The van der Waals surface area contributed by atoms with Crippen LogP contribution in [0.4, 0.5) is 26.3 Å². The zero-order valence-electron chi connectivity index (χ0n) is 18.2. The highest BCUT2D eigenvalue weighted by Crippen LogP contribution is 2.41. The third-order valence-electron chi connectivity index (χ3n) is 6.24. The quantitative estimate of drug-likeness (QED) is 0.301. The Kier molecular flexibility index (Phi) is 6.99. The number of hydrogen-bond donors (Lipinski definition) is 0. The van der Waals surface area contributed by atoms with E-state index in [2.05, 4.69) is 15.9 Å². The van der Waals surface area contributed by atoms with E-state index in [4.69, 9.17) is 0 Å². The number of benzene rings is 3. The van der Waals surface area contributed by atoms with Crippen molar-refractivity contribution in [3.63, 3.8) is 0 Å². The van der Waals surface area contributed by atoms with Crippen molar-refractivity contribution >= 4 is 21.8 Å². The van der Waals surface area contributed by atoms with Gasteiger partial charge in [0.1, 0.15) is 0 Å². The van der Waals surface area contributed by atoms with Crippen LogP contribution in [-0.2, 0) is 12.4 Å². The largest absolute Gasteiger partial charge is 0.416 e. The summed E-state index contributed by atoms with van der Waals surface area (Å²) in [7, 11) is 0. The number of hydrogen-bond acceptors (Lipinski definition) is 1. The minimum atomic E-state index is -5.02. The molecular formula is C26H20BrF6NO. The van der Waals surface area contributed by atoms with Crippen molar-refractivity contribution in [3.05, 3.63) is 105 Å². The van der Waals surface area contributed by atoms with Gasteiger partial charge in [-0.25, -0.2) is 0 Å². The molecule has 1 aliphatic heterocycles. The predicted molar refractivity (Wildman–Crippen MR) is 123 cm³/mol. The molecule has 1 saturated heterocycles. The lowest BCUT2D eigenvalue weighted by atomic mass is 9.76. The molecule has 4 rings (SSSR count). The van der Waals surface area contributed by atoms with Crippen molar-refractivity contribution in [2.75, 3.05) is 13.1 Å². The molecule has 1 amide bonds. The first-order chi connectivity index (χ1) is 16.4. The molecule has 2 unspecified atom stereocenters. The van der Waals surface area contributed by atoms with Gasteiger partial charge in [0.2, 0.25) is 0 Å². The van der Waals surface area contributed by atoms with Gasteiger partial charge < -0.3 is 4.90 Å². The van der Waals surface area contributed by atoms with Crippen LogP contribution in [0.3, 0.4) is 0 Å². The van der Waals surface area contributed by atoms with Gasteiger partial charge in [-0.2, -0.15) is 26.3 Å². The van der Waals surface area contributed by atoms with Gasteiger partial charge in [0.05, 0.1) is 11.1 Å². The average Bonchev–Trinajstić information content (AvgIpc) is 2.82. The predicted octanol–water partition coefficient (Wildman–Crippen LogP) is 7.90. The van der Waals surface area contributed by atoms with Crippen molar-refractivity contribution in [2.24, 2.45) is 0 Å². The van der Waals surface area contributed by atoms with E-state index in [0.29, 0.717) is 18.6 Å². The molecule has 3 aromatic rings. The normalized spacial score (nSPS) is 19.0. The van der Waals surface area contributed by atoms with Crippen molar-refractivity contribution in [2.45, 2.75) is 30.6 Å². The highest BCUT2D eigenvalue weighted by Gasteiger charge is 2.39. The second-order valence-electron chi connectivity index (χ2n) is 8.51. The Balaban J connectivity index is 1.69. The van der Waals surface area contributed by atoms with Crippen LogP contribution in [0.15, 0.2) is 77.3 Å². The first kappa shape index (κ1) is 25.3. The Bertz CT molecular complexity index is 1180. The van der Waals surface area contributed by atoms with Crippen molar-refractivity contribution < 1.29 is 31.1 Å². The number of likely N-dealkylation sites (tertiary alicyclic amines) is 1. The minimum absolute atomic E-state index is 0.0196. The molecule has 0 saturated carbocycles. The highest BCUT2D eigenvalue weighted by atomic mass is 79.9. The average molecular weight is 556 g/mol. The van der Waals surface area contributed by atoms with Gasteiger partial charge in [0.25, 0.3) is 5.91 Å². The van der Waals surface area contributed by atoms with Gasteiger partial charge in [-0.3, -0.25) is 4.79 Å². The standard InChI is InChI=1S/C26H20BrF6NO/c27-21-8-4-7-17(13-21)22-9-10-34(15-23(22)16-5-2-1-3-6-16)24(35)18-11-19(25(28,29)30)14-20(12-18)26(31,32)33/h1-8,11-14,22-23H,9-10,15H2. The number of alkyl halides is 6. The number of nitrogens with zero attached hydrogens (tertiary/aromatic N) is 1. The maximum absolute atomic E-state index is 13.3. The molecule has 0 spiro atoms. The Morgan fingerprint density at radius 1 is 0.771 bits per heavy atom. The van der Waals surface area contributed by atoms with Crippen LogP contribution in [0.25, 0.3) is 0 Å². The lowest BCUT2D eigenvalue weighted by molar-refractivity contribution is -0.143. The van der Waals surface area contributed by atoms with Gasteiger partial charge in [-0.15, -0.1) is 0 Å². The summed E-state index contributed by atoms with van der Waals surface area (Å²) in [5, 5.41) is 0. The highest BCUT2D eigenvalue weighted by molar-refractivity contribution is 9.10. The molecule has 0 aromatic heterocycles. The molecule has 0 aliphatic carbocycles. The van der Waals surface area contributed by atoms with E-state index in [1.54, 1.807) is 0 Å². The van der Waals surface area contributed by atoms with Crippen molar-refractivity contribution in [3.8, 4) is 0 Å². The first-order valence-electron chi connectivity index (χ1n) is 10.8. The van der Waals surface area contributed by atoms with Crippen LogP contribution in [0.2, 0.25) is 0 Å². The third-order valence-corrected chi connectivity index (χ3v) is 6.73. The maximum atomic E-state index is 13.3. The SMILES string of the molecule is O=C(c1cc(C(F)(F)F)cc(C(F)(F)F)c1)N1CCC(c2cccc(Br)c2)C(c2ccccc2)C1. The number of carbonyl (C=O) groups excluding carboxylic acids is 1. The van der Waals surface area contributed by atoms with Gasteiger partial charge in [-0.1, -0.05) is 58.4 Å². The summed E-state index contributed by atoms with van der Waals surface area (Å²) < 4.78 is 80.7. The van der Waals surface area contributed by atoms with E-state index in [1.807, 2.05) is 54.6 Å². The lowest BCUT2D eigenvalue weighted by Gasteiger charge is -2.39. The molecule has 35 heavy (non-hydrogen) atoms. The molecule has 0 N–H and O–H groups in total. The second kappa shape index (κ2) is 9.68. The molecule has 1 fully saturated rings. The molecule has 3 aromatic carbocycles. The Labute approximate surface area is 206 Å². The summed E-state index contributed by atoms with van der Waals surface area (Å²) >= 11 is 3.47. The van der Waals surface area contributed by atoms with Crippen LogP contribution in [0, 0.1) is 0 Å². The molecule has 184 valence electrons. The summed E-state index contributed by atoms with van der Waals surface area (Å²) in [6, 6.07) is 18.2. The van der Waals surface area contributed by atoms with Crippen LogP contribution in [0.5, 0.6) is 0 Å². The fraction of sp³-hybridized carbons (Fsp3) is 0.269. The molecule has 9 heteroatoms. The number of halogens is 7. The number of amides is 1. The first-order valence-corrected chi connectivity index (χ1v) is 11.6. The fourth-order valence-electron chi connectivity index (χ4n) is 4.57. The van der Waals surface area contributed by atoms with Crippen molar-refractivity contribution in [1.29, 1.82) is 0 Å². The van der Waals surface area contributed by atoms with Gasteiger partial charge in [-0.05, 0) is 53.8 Å². The number of rotatable bonds is 3. The Morgan fingerprint density at radius 3 is 1.94 bits per heavy atom. The van der Waals surface area contributed by atoms with Crippen LogP contribution in [-0.4, -0.2) is 23.9 Å². The lowest BCUT2D eigenvalue weighted by Crippen LogP contribution is -2.42. The van der Waals surface area contributed by atoms with Crippen LogP contribution in [0.1, 0.15) is 50.9 Å². The maximum Gasteiger partial charge on any atom is 0.416 e. The summed E-state index contributed by atoms with van der Waals surface area (Å²) in [5.41, 5.74) is -1.65. The van der Waals surface area contributed by atoms with Crippen LogP contribution >= 0.6 is 15.9 Å². The molecule has 1 aliphatic rings. The van der Waals surface area contributed by atoms with E-state index >= 15 is 0 Å². The molecule has 0 bridgehead atoms. The molecule has 1 heterocycles. The summed E-state index contributed by atoms with van der Waals surface area (Å²) in [4.78, 5) is 14.6. The van der Waals surface area contributed by atoms with E-state index in [0.717, 1.165) is 15.6 Å². The molecule has 2 atom stereocenters. The second-order valence-corrected chi connectivity index (χ2v) is 9.43.